The van der Waals surface area contributed by atoms with E-state index in [4.69, 9.17) is 0 Å². The maximum absolute atomic E-state index is 13.3. The van der Waals surface area contributed by atoms with Crippen molar-refractivity contribution in [3.8, 4) is 0 Å². The zero-order valence-corrected chi connectivity index (χ0v) is 10.5. The Morgan fingerprint density at radius 3 is 1.69 bits per heavy atom. The SMILES string of the molecule is FC(F)(I)C1CCC1(F)C(F)(F)I. The standard InChI is InChI=1S/C6H5F5I2/c7-4(6(10,11)13)2-1-3(4)5(8,9)12/h3H,1-2H2. The third-order valence-corrected chi connectivity index (χ3v) is 3.86. The normalized spacial score (nSPS) is 35.8. The van der Waals surface area contributed by atoms with E-state index in [9.17, 15) is 22.0 Å². The van der Waals surface area contributed by atoms with Crippen LogP contribution < -0.4 is 0 Å². The fourth-order valence-corrected chi connectivity index (χ4v) is 2.76. The van der Waals surface area contributed by atoms with Crippen molar-refractivity contribution in [3.63, 3.8) is 0 Å². The summed E-state index contributed by atoms with van der Waals surface area (Å²) in [6.07, 6.45) is -0.683. The summed E-state index contributed by atoms with van der Waals surface area (Å²) < 4.78 is 56.6. The van der Waals surface area contributed by atoms with Gasteiger partial charge in [0.2, 0.25) is 0 Å². The number of alkyl halides is 7. The highest BCUT2D eigenvalue weighted by molar-refractivity contribution is 14.1. The van der Waals surface area contributed by atoms with Crippen molar-refractivity contribution in [2.75, 3.05) is 0 Å². The molecule has 0 aliphatic heterocycles. The van der Waals surface area contributed by atoms with Gasteiger partial charge in [-0.05, 0) is 35.4 Å². The van der Waals surface area contributed by atoms with Crippen LogP contribution in [-0.4, -0.2) is 13.5 Å². The number of hydrogen-bond donors (Lipinski definition) is 0. The van der Waals surface area contributed by atoms with E-state index < -0.39 is 25.9 Å². The van der Waals surface area contributed by atoms with E-state index in [0.29, 0.717) is 45.2 Å². The summed E-state index contributed by atoms with van der Waals surface area (Å²) in [6, 6.07) is 0. The summed E-state index contributed by atoms with van der Waals surface area (Å²) in [4.78, 5) is 0. The van der Waals surface area contributed by atoms with Gasteiger partial charge >= 0.3 is 7.86 Å². The van der Waals surface area contributed by atoms with Gasteiger partial charge in [-0.3, -0.25) is 0 Å². The zero-order chi connectivity index (χ0) is 10.5. The monoisotopic (exact) mass is 426 g/mol. The Bertz CT molecular complexity index is 208. The molecule has 0 spiro atoms. The lowest BCUT2D eigenvalue weighted by atomic mass is 9.71. The average molecular weight is 426 g/mol. The lowest BCUT2D eigenvalue weighted by Gasteiger charge is -2.46. The smallest absolute Gasteiger partial charge is 0.236 e. The second-order valence-electron chi connectivity index (χ2n) is 2.99. The van der Waals surface area contributed by atoms with E-state index in [0.717, 1.165) is 0 Å². The molecule has 0 aromatic rings. The molecule has 1 saturated carbocycles. The van der Waals surface area contributed by atoms with Crippen molar-refractivity contribution in [1.82, 2.24) is 0 Å². The number of halogens is 7. The van der Waals surface area contributed by atoms with Crippen molar-refractivity contribution >= 4 is 45.2 Å². The van der Waals surface area contributed by atoms with Gasteiger partial charge in [0, 0.05) is 22.6 Å². The second kappa shape index (κ2) is 3.31. The molecular formula is C6H5F5I2. The third kappa shape index (κ3) is 2.05. The Kier molecular flexibility index (Phi) is 3.10. The van der Waals surface area contributed by atoms with Crippen LogP contribution in [0.4, 0.5) is 22.0 Å². The molecule has 0 aromatic carbocycles. The Morgan fingerprint density at radius 1 is 1.15 bits per heavy atom. The molecule has 2 atom stereocenters. The lowest BCUT2D eigenvalue weighted by Crippen LogP contribution is -2.58. The predicted molar refractivity (Wildman–Crippen MR) is 54.5 cm³/mol. The topological polar surface area (TPSA) is 0 Å². The molecule has 0 radical (unpaired) electrons. The highest BCUT2D eigenvalue weighted by Crippen LogP contribution is 2.60. The molecule has 1 aliphatic rings. The summed E-state index contributed by atoms with van der Waals surface area (Å²) in [6.45, 7) is 0. The summed E-state index contributed by atoms with van der Waals surface area (Å²) >= 11 is 1.29. The van der Waals surface area contributed by atoms with Gasteiger partial charge < -0.3 is 0 Å². The predicted octanol–water partition coefficient (Wildman–Crippen LogP) is 4.16. The first kappa shape index (κ1) is 12.2. The van der Waals surface area contributed by atoms with E-state index in [1.54, 1.807) is 0 Å². The Balaban J connectivity index is 2.84. The van der Waals surface area contributed by atoms with Gasteiger partial charge in [-0.15, -0.1) is 0 Å². The van der Waals surface area contributed by atoms with E-state index in [1.807, 2.05) is 0 Å². The largest absolute Gasteiger partial charge is 0.330 e. The van der Waals surface area contributed by atoms with Gasteiger partial charge in [-0.25, -0.2) is 4.39 Å². The van der Waals surface area contributed by atoms with Crippen molar-refractivity contribution in [2.45, 2.75) is 26.4 Å². The molecule has 7 heteroatoms. The van der Waals surface area contributed by atoms with Gasteiger partial charge in [0.1, 0.15) is 0 Å². The van der Waals surface area contributed by atoms with Gasteiger partial charge in [-0.1, -0.05) is 0 Å². The fourth-order valence-electron chi connectivity index (χ4n) is 1.30. The van der Waals surface area contributed by atoms with Gasteiger partial charge in [0.25, 0.3) is 0 Å². The van der Waals surface area contributed by atoms with E-state index in [2.05, 4.69) is 0 Å². The minimum atomic E-state index is -3.72. The van der Waals surface area contributed by atoms with Crippen LogP contribution in [0.5, 0.6) is 0 Å². The molecule has 0 heterocycles. The highest BCUT2D eigenvalue weighted by atomic mass is 127. The van der Waals surface area contributed by atoms with Crippen molar-refractivity contribution in [1.29, 1.82) is 0 Å². The highest BCUT2D eigenvalue weighted by Gasteiger charge is 2.69. The molecule has 78 valence electrons. The molecule has 1 aliphatic carbocycles. The summed E-state index contributed by atoms with van der Waals surface area (Å²) in [5.41, 5.74) is -3.04. The molecule has 1 fully saturated rings. The molecule has 0 amide bonds. The van der Waals surface area contributed by atoms with E-state index in [1.165, 1.54) is 0 Å². The second-order valence-corrected chi connectivity index (χ2v) is 5.79. The van der Waals surface area contributed by atoms with Crippen LogP contribution in [0.25, 0.3) is 0 Å². The van der Waals surface area contributed by atoms with Crippen LogP contribution in [0, 0.1) is 5.92 Å². The first-order valence-electron chi connectivity index (χ1n) is 3.41. The van der Waals surface area contributed by atoms with Gasteiger partial charge in [-0.2, -0.15) is 17.6 Å². The molecule has 0 bridgehead atoms. The first-order valence-corrected chi connectivity index (χ1v) is 5.57. The Labute approximate surface area is 98.9 Å². The maximum Gasteiger partial charge on any atom is 0.330 e. The zero-order valence-electron chi connectivity index (χ0n) is 6.14. The van der Waals surface area contributed by atoms with E-state index >= 15 is 0 Å². The Morgan fingerprint density at radius 2 is 1.62 bits per heavy atom. The first-order chi connectivity index (χ1) is 5.59. The summed E-state index contributed by atoms with van der Waals surface area (Å²) in [5, 5.41) is 0. The molecule has 0 saturated heterocycles. The summed E-state index contributed by atoms with van der Waals surface area (Å²) in [5.74, 6) is -1.87. The lowest BCUT2D eigenvalue weighted by molar-refractivity contribution is -0.186. The molecule has 0 N–H and O–H groups in total. The quantitative estimate of drug-likeness (QED) is 0.354. The molecule has 0 nitrogen and oxygen atoms in total. The minimum absolute atomic E-state index is 0.189. The van der Waals surface area contributed by atoms with Crippen LogP contribution in [0.2, 0.25) is 0 Å². The number of hydrogen-bond acceptors (Lipinski definition) is 0. The van der Waals surface area contributed by atoms with Crippen molar-refractivity contribution in [2.24, 2.45) is 5.92 Å². The molecule has 2 unspecified atom stereocenters. The van der Waals surface area contributed by atoms with Crippen molar-refractivity contribution in [3.05, 3.63) is 0 Å². The number of rotatable bonds is 2. The fraction of sp³-hybridized carbons (Fsp3) is 1.00. The maximum atomic E-state index is 13.3. The van der Waals surface area contributed by atoms with Crippen LogP contribution in [0.1, 0.15) is 12.8 Å². The van der Waals surface area contributed by atoms with Crippen LogP contribution in [-0.2, 0) is 0 Å². The van der Waals surface area contributed by atoms with Crippen LogP contribution >= 0.6 is 45.2 Å². The van der Waals surface area contributed by atoms with Crippen LogP contribution in [0.15, 0.2) is 0 Å². The molecular weight excluding hydrogens is 421 g/mol. The Hall–Kier alpha value is 1.11. The third-order valence-electron chi connectivity index (χ3n) is 2.22. The van der Waals surface area contributed by atoms with E-state index in [-0.39, 0.29) is 6.42 Å². The van der Waals surface area contributed by atoms with Gasteiger partial charge in [0.15, 0.2) is 5.67 Å². The molecule has 1 rings (SSSR count). The average Bonchev–Trinajstić information content (AvgIpc) is 1.76. The summed E-state index contributed by atoms with van der Waals surface area (Å²) in [7, 11) is 0. The van der Waals surface area contributed by atoms with Crippen LogP contribution in [0.3, 0.4) is 0 Å². The molecule has 0 aromatic heterocycles. The van der Waals surface area contributed by atoms with Gasteiger partial charge in [0.05, 0.1) is 5.92 Å². The van der Waals surface area contributed by atoms with Crippen molar-refractivity contribution < 1.29 is 22.0 Å². The minimum Gasteiger partial charge on any atom is -0.236 e. The molecule has 13 heavy (non-hydrogen) atoms.